The van der Waals surface area contributed by atoms with Gasteiger partial charge in [-0.15, -0.1) is 0 Å². The molecule has 0 saturated carbocycles. The molecule has 0 aliphatic carbocycles. The van der Waals surface area contributed by atoms with E-state index in [2.05, 4.69) is 10.0 Å². The van der Waals surface area contributed by atoms with Gasteiger partial charge in [0.15, 0.2) is 11.4 Å². The van der Waals surface area contributed by atoms with Gasteiger partial charge in [0.25, 0.3) is 5.91 Å². The van der Waals surface area contributed by atoms with Crippen LogP contribution in [0.25, 0.3) is 0 Å². The van der Waals surface area contributed by atoms with Gasteiger partial charge in [0.05, 0.1) is 12.7 Å². The van der Waals surface area contributed by atoms with Crippen molar-refractivity contribution >= 4 is 33.1 Å². The maximum Gasteiger partial charge on any atom is 0.261 e. The van der Waals surface area contributed by atoms with Crippen molar-refractivity contribution in [1.82, 2.24) is 0 Å². The van der Waals surface area contributed by atoms with Crippen LogP contribution < -0.4 is 10.0 Å². The molecule has 1 aliphatic rings. The summed E-state index contributed by atoms with van der Waals surface area (Å²) in [7, 11) is -3.41. The van der Waals surface area contributed by atoms with Crippen LogP contribution in [0.4, 0.5) is 11.4 Å². The molecule has 0 saturated heterocycles. The largest absolute Gasteiger partial charge is 0.375 e. The molecule has 2 aromatic carbocycles. The number of aryl methyl sites for hydroxylation is 1. The highest BCUT2D eigenvalue weighted by Crippen LogP contribution is 2.39. The zero-order valence-corrected chi connectivity index (χ0v) is 15.1. The molecule has 1 aliphatic heterocycles. The first-order chi connectivity index (χ1) is 12.1. The number of carbonyl (C=O) groups excluding carboxylic acids is 2. The number of carbonyl (C=O) groups is 2. The van der Waals surface area contributed by atoms with Crippen LogP contribution in [-0.2, 0) is 20.4 Å². The SMILES string of the molecule is Cc1ccc2c(c1)C(O)(CC(=O)c1ccc(NS(C)(=O)=O)cc1)C(=O)N2. The zero-order valence-electron chi connectivity index (χ0n) is 14.2. The molecule has 1 atom stereocenters. The van der Waals surface area contributed by atoms with Crippen LogP contribution >= 0.6 is 0 Å². The van der Waals surface area contributed by atoms with E-state index in [1.165, 1.54) is 24.3 Å². The first kappa shape index (κ1) is 18.1. The van der Waals surface area contributed by atoms with E-state index < -0.39 is 33.7 Å². The third-order valence-electron chi connectivity index (χ3n) is 4.17. The number of Topliss-reactive ketones (excluding diaryl/α,β-unsaturated/α-hetero) is 1. The Morgan fingerprint density at radius 3 is 2.46 bits per heavy atom. The molecule has 7 nitrogen and oxygen atoms in total. The number of hydrogen-bond donors (Lipinski definition) is 3. The molecule has 1 unspecified atom stereocenters. The zero-order chi connectivity index (χ0) is 19.1. The van der Waals surface area contributed by atoms with Gasteiger partial charge in [0.2, 0.25) is 10.0 Å². The highest BCUT2D eigenvalue weighted by atomic mass is 32.2. The number of nitrogens with one attached hydrogen (secondary N) is 2. The molecule has 0 aromatic heterocycles. The Kier molecular flexibility index (Phi) is 4.33. The first-order valence-corrected chi connectivity index (χ1v) is 9.74. The van der Waals surface area contributed by atoms with Gasteiger partial charge in [-0.3, -0.25) is 14.3 Å². The molecular weight excluding hydrogens is 356 g/mol. The number of rotatable bonds is 5. The monoisotopic (exact) mass is 374 g/mol. The lowest BCUT2D eigenvalue weighted by atomic mass is 9.87. The third-order valence-corrected chi connectivity index (χ3v) is 4.78. The average molecular weight is 374 g/mol. The summed E-state index contributed by atoms with van der Waals surface area (Å²) in [5.41, 5.74) is 0.396. The second-order valence-corrected chi connectivity index (χ2v) is 8.16. The summed E-state index contributed by atoms with van der Waals surface area (Å²) in [4.78, 5) is 24.8. The lowest BCUT2D eigenvalue weighted by Gasteiger charge is -2.20. The van der Waals surface area contributed by atoms with Crippen LogP contribution in [-0.4, -0.2) is 31.5 Å². The summed E-state index contributed by atoms with van der Waals surface area (Å²) in [5.74, 6) is -1.07. The maximum atomic E-state index is 12.6. The molecule has 136 valence electrons. The molecule has 1 heterocycles. The van der Waals surface area contributed by atoms with Crippen LogP contribution in [0.2, 0.25) is 0 Å². The lowest BCUT2D eigenvalue weighted by molar-refractivity contribution is -0.133. The van der Waals surface area contributed by atoms with Gasteiger partial charge in [-0.2, -0.15) is 0 Å². The van der Waals surface area contributed by atoms with Crippen LogP contribution in [0.5, 0.6) is 0 Å². The smallest absolute Gasteiger partial charge is 0.261 e. The summed E-state index contributed by atoms with van der Waals surface area (Å²) in [6, 6.07) is 11.0. The van der Waals surface area contributed by atoms with Gasteiger partial charge in [0, 0.05) is 22.5 Å². The Hall–Kier alpha value is -2.71. The number of sulfonamides is 1. The van der Waals surface area contributed by atoms with E-state index in [0.29, 0.717) is 16.9 Å². The Morgan fingerprint density at radius 1 is 1.19 bits per heavy atom. The van der Waals surface area contributed by atoms with Gasteiger partial charge in [-0.1, -0.05) is 17.7 Å². The summed E-state index contributed by atoms with van der Waals surface area (Å²) < 4.78 is 24.7. The normalized spacial score (nSPS) is 19.0. The van der Waals surface area contributed by atoms with Crippen molar-refractivity contribution in [1.29, 1.82) is 0 Å². The number of hydrogen-bond acceptors (Lipinski definition) is 5. The molecule has 26 heavy (non-hydrogen) atoms. The minimum absolute atomic E-state index is 0.270. The molecule has 0 radical (unpaired) electrons. The van der Waals surface area contributed by atoms with E-state index >= 15 is 0 Å². The minimum atomic E-state index is -3.41. The number of fused-ring (bicyclic) bond motifs is 1. The van der Waals surface area contributed by atoms with Gasteiger partial charge in [-0.25, -0.2) is 8.42 Å². The molecule has 3 rings (SSSR count). The van der Waals surface area contributed by atoms with Crippen LogP contribution in [0.15, 0.2) is 42.5 Å². The lowest BCUT2D eigenvalue weighted by Crippen LogP contribution is -2.36. The number of benzene rings is 2. The Morgan fingerprint density at radius 2 is 1.85 bits per heavy atom. The standard InChI is InChI=1S/C18H18N2O5S/c1-11-3-8-15-14(9-11)18(23,17(22)19-15)10-16(21)12-4-6-13(7-5-12)20-26(2,24)25/h3-9,20,23H,10H2,1-2H3,(H,19,22). The van der Waals surface area contributed by atoms with Gasteiger partial charge in [-0.05, 0) is 37.3 Å². The molecule has 2 aromatic rings. The Labute approximate surface area is 151 Å². The predicted octanol–water partition coefficient (Wildman–Crippen LogP) is 1.78. The van der Waals surface area contributed by atoms with Crippen molar-refractivity contribution in [2.24, 2.45) is 0 Å². The van der Waals surface area contributed by atoms with E-state index in [4.69, 9.17) is 0 Å². The van der Waals surface area contributed by atoms with E-state index in [1.807, 2.05) is 6.92 Å². The first-order valence-electron chi connectivity index (χ1n) is 7.84. The summed E-state index contributed by atoms with van der Waals surface area (Å²) in [5, 5.41) is 13.4. The summed E-state index contributed by atoms with van der Waals surface area (Å²) in [6.07, 6.45) is 0.619. The minimum Gasteiger partial charge on any atom is -0.375 e. The Balaban J connectivity index is 1.84. The molecule has 0 bridgehead atoms. The number of aliphatic hydroxyl groups is 1. The molecule has 3 N–H and O–H groups in total. The van der Waals surface area contributed by atoms with Gasteiger partial charge in [0.1, 0.15) is 0 Å². The third kappa shape index (κ3) is 3.47. The number of amides is 1. The van der Waals surface area contributed by atoms with Gasteiger partial charge < -0.3 is 10.4 Å². The topological polar surface area (TPSA) is 113 Å². The second-order valence-electron chi connectivity index (χ2n) is 6.41. The summed E-state index contributed by atoms with van der Waals surface area (Å²) >= 11 is 0. The molecule has 0 spiro atoms. The fourth-order valence-corrected chi connectivity index (χ4v) is 3.47. The molecule has 0 fully saturated rings. The van der Waals surface area contributed by atoms with Crippen molar-refractivity contribution in [2.75, 3.05) is 16.3 Å². The van der Waals surface area contributed by atoms with Crippen LogP contribution in [0.1, 0.15) is 27.9 Å². The molecule has 8 heteroatoms. The van der Waals surface area contributed by atoms with E-state index in [-0.39, 0.29) is 5.56 Å². The van der Waals surface area contributed by atoms with Crippen molar-refractivity contribution < 1.29 is 23.1 Å². The van der Waals surface area contributed by atoms with E-state index in [9.17, 15) is 23.1 Å². The van der Waals surface area contributed by atoms with E-state index in [0.717, 1.165) is 11.8 Å². The number of anilines is 2. The second kappa shape index (κ2) is 6.22. The maximum absolute atomic E-state index is 12.6. The van der Waals surface area contributed by atoms with Crippen LogP contribution in [0, 0.1) is 6.92 Å². The van der Waals surface area contributed by atoms with Crippen molar-refractivity contribution in [2.45, 2.75) is 18.9 Å². The van der Waals surface area contributed by atoms with E-state index in [1.54, 1.807) is 18.2 Å². The summed E-state index contributed by atoms with van der Waals surface area (Å²) in [6.45, 7) is 1.83. The van der Waals surface area contributed by atoms with Crippen molar-refractivity contribution in [3.8, 4) is 0 Å². The fraction of sp³-hybridized carbons (Fsp3) is 0.222. The fourth-order valence-electron chi connectivity index (χ4n) is 2.91. The predicted molar refractivity (Wildman–Crippen MR) is 97.6 cm³/mol. The molecule has 1 amide bonds. The Bertz CT molecular complexity index is 999. The van der Waals surface area contributed by atoms with Crippen LogP contribution in [0.3, 0.4) is 0 Å². The van der Waals surface area contributed by atoms with Crippen molar-refractivity contribution in [3.05, 3.63) is 59.2 Å². The van der Waals surface area contributed by atoms with Crippen molar-refractivity contribution in [3.63, 3.8) is 0 Å². The number of ketones is 1. The highest BCUT2D eigenvalue weighted by molar-refractivity contribution is 7.92. The molecular formula is C18H18N2O5S. The quantitative estimate of drug-likeness (QED) is 0.691. The highest BCUT2D eigenvalue weighted by Gasteiger charge is 2.46. The average Bonchev–Trinajstić information content (AvgIpc) is 2.78. The van der Waals surface area contributed by atoms with Gasteiger partial charge >= 0.3 is 0 Å².